The van der Waals surface area contributed by atoms with Crippen LogP contribution in [0.5, 0.6) is 0 Å². The number of ether oxygens (including phenoxy) is 1. The summed E-state index contributed by atoms with van der Waals surface area (Å²) in [7, 11) is 1.63. The monoisotopic (exact) mass is 273 g/mol. The molecule has 1 aromatic heterocycles. The smallest absolute Gasteiger partial charge is 0.428 e. The summed E-state index contributed by atoms with van der Waals surface area (Å²) in [5.41, 5.74) is 3.52. The summed E-state index contributed by atoms with van der Waals surface area (Å²) in [6.07, 6.45) is 2.66. The predicted octanol–water partition coefficient (Wildman–Crippen LogP) is -0.00612. The van der Waals surface area contributed by atoms with Gasteiger partial charge in [0.05, 0.1) is 0 Å². The van der Waals surface area contributed by atoms with Gasteiger partial charge < -0.3 is 15.4 Å². The SMILES string of the molecule is CNC(=NC#N)Nc1ccc(C2=NNC(=O)OC2)cn1. The fourth-order valence-corrected chi connectivity index (χ4v) is 1.42. The van der Waals surface area contributed by atoms with Gasteiger partial charge in [-0.05, 0) is 12.1 Å². The van der Waals surface area contributed by atoms with Crippen molar-refractivity contribution in [1.82, 2.24) is 15.7 Å². The molecule has 0 saturated heterocycles. The number of carbonyl (C=O) groups excluding carboxylic acids is 1. The third kappa shape index (κ3) is 3.20. The average molecular weight is 273 g/mol. The molecule has 9 nitrogen and oxygen atoms in total. The molecule has 0 spiro atoms. The molecular formula is C11H11N7O2. The number of pyridine rings is 1. The third-order valence-electron chi connectivity index (χ3n) is 2.36. The number of guanidine groups is 1. The summed E-state index contributed by atoms with van der Waals surface area (Å²) in [6.45, 7) is 0.0952. The van der Waals surface area contributed by atoms with Gasteiger partial charge in [-0.2, -0.15) is 10.4 Å². The van der Waals surface area contributed by atoms with Gasteiger partial charge in [0.2, 0.25) is 12.2 Å². The van der Waals surface area contributed by atoms with Crippen LogP contribution in [0.15, 0.2) is 28.4 Å². The minimum atomic E-state index is -0.577. The Morgan fingerprint density at radius 3 is 3.00 bits per heavy atom. The Kier molecular flexibility index (Phi) is 4.08. The highest BCUT2D eigenvalue weighted by Gasteiger charge is 2.14. The molecule has 0 atom stereocenters. The molecule has 9 heteroatoms. The molecule has 1 aromatic rings. The number of aliphatic imine (C=N–C) groups is 1. The summed E-state index contributed by atoms with van der Waals surface area (Å²) in [6, 6.07) is 3.45. The highest BCUT2D eigenvalue weighted by molar-refractivity contribution is 6.03. The number of carbonyl (C=O) groups is 1. The van der Waals surface area contributed by atoms with Crippen molar-refractivity contribution in [2.75, 3.05) is 19.0 Å². The molecule has 20 heavy (non-hydrogen) atoms. The van der Waals surface area contributed by atoms with E-state index in [1.807, 2.05) is 0 Å². The van der Waals surface area contributed by atoms with Crippen LogP contribution in [0.1, 0.15) is 5.56 Å². The molecular weight excluding hydrogens is 262 g/mol. The fourth-order valence-electron chi connectivity index (χ4n) is 1.42. The molecule has 0 aliphatic carbocycles. The van der Waals surface area contributed by atoms with Crippen molar-refractivity contribution in [3.8, 4) is 6.19 Å². The number of cyclic esters (lactones) is 1. The molecule has 1 amide bonds. The van der Waals surface area contributed by atoms with E-state index in [2.05, 4.69) is 31.1 Å². The lowest BCUT2D eigenvalue weighted by Gasteiger charge is -2.13. The molecule has 0 radical (unpaired) electrons. The van der Waals surface area contributed by atoms with Crippen molar-refractivity contribution in [3.05, 3.63) is 23.9 Å². The molecule has 1 aliphatic heterocycles. The first-order valence-electron chi connectivity index (χ1n) is 5.60. The van der Waals surface area contributed by atoms with Gasteiger partial charge in [0.25, 0.3) is 0 Å². The van der Waals surface area contributed by atoms with E-state index in [1.54, 1.807) is 31.6 Å². The number of nitrogens with one attached hydrogen (secondary N) is 3. The normalized spacial score (nSPS) is 14.5. The van der Waals surface area contributed by atoms with Crippen LogP contribution in [0, 0.1) is 11.5 Å². The lowest BCUT2D eigenvalue weighted by Crippen LogP contribution is -2.31. The van der Waals surface area contributed by atoms with Gasteiger partial charge in [0.1, 0.15) is 18.1 Å². The molecule has 0 unspecified atom stereocenters. The van der Waals surface area contributed by atoms with Gasteiger partial charge in [0, 0.05) is 18.8 Å². The zero-order valence-corrected chi connectivity index (χ0v) is 10.5. The summed E-state index contributed by atoms with van der Waals surface area (Å²) in [5, 5.41) is 17.9. The average Bonchev–Trinajstić information content (AvgIpc) is 2.48. The second kappa shape index (κ2) is 6.14. The molecule has 3 N–H and O–H groups in total. The Balaban J connectivity index is 2.09. The van der Waals surface area contributed by atoms with Gasteiger partial charge in [-0.15, -0.1) is 4.99 Å². The summed E-state index contributed by atoms with van der Waals surface area (Å²) in [5.74, 6) is 0.803. The number of hydrogen-bond donors (Lipinski definition) is 3. The predicted molar refractivity (Wildman–Crippen MR) is 71.0 cm³/mol. The first kappa shape index (κ1) is 13.3. The Morgan fingerprint density at radius 2 is 2.45 bits per heavy atom. The third-order valence-corrected chi connectivity index (χ3v) is 2.36. The molecule has 102 valence electrons. The van der Waals surface area contributed by atoms with Crippen LogP contribution in [0.4, 0.5) is 10.6 Å². The van der Waals surface area contributed by atoms with E-state index in [1.165, 1.54) is 0 Å². The lowest BCUT2D eigenvalue weighted by atomic mass is 10.2. The second-order valence-corrected chi connectivity index (χ2v) is 3.61. The van der Waals surface area contributed by atoms with E-state index in [4.69, 9.17) is 10.00 Å². The summed E-state index contributed by atoms with van der Waals surface area (Å²) >= 11 is 0. The first-order chi connectivity index (χ1) is 9.72. The Bertz CT molecular complexity index is 600. The van der Waals surface area contributed by atoms with Crippen molar-refractivity contribution in [2.45, 2.75) is 0 Å². The van der Waals surface area contributed by atoms with Crippen LogP contribution in [-0.2, 0) is 4.74 Å². The minimum absolute atomic E-state index is 0.0952. The quantitative estimate of drug-likeness (QED) is 0.395. The van der Waals surface area contributed by atoms with Crippen molar-refractivity contribution >= 4 is 23.6 Å². The summed E-state index contributed by atoms with van der Waals surface area (Å²) in [4.78, 5) is 18.5. The number of aromatic nitrogens is 1. The van der Waals surface area contributed by atoms with Crippen LogP contribution < -0.4 is 16.1 Å². The molecule has 1 aliphatic rings. The molecule has 0 bridgehead atoms. The van der Waals surface area contributed by atoms with Crippen LogP contribution in [0.3, 0.4) is 0 Å². The second-order valence-electron chi connectivity index (χ2n) is 3.61. The zero-order chi connectivity index (χ0) is 14.4. The van der Waals surface area contributed by atoms with Crippen LogP contribution in [0.25, 0.3) is 0 Å². The number of anilines is 1. The van der Waals surface area contributed by atoms with Crippen molar-refractivity contribution in [1.29, 1.82) is 5.26 Å². The van der Waals surface area contributed by atoms with Crippen LogP contribution >= 0.6 is 0 Å². The Morgan fingerprint density at radius 1 is 1.60 bits per heavy atom. The van der Waals surface area contributed by atoms with Gasteiger partial charge in [-0.1, -0.05) is 0 Å². The highest BCUT2D eigenvalue weighted by Crippen LogP contribution is 2.08. The maximum Gasteiger partial charge on any atom is 0.428 e. The summed E-state index contributed by atoms with van der Waals surface area (Å²) < 4.78 is 4.80. The number of hydrogen-bond acceptors (Lipinski definition) is 6. The molecule has 2 heterocycles. The molecule has 0 aromatic carbocycles. The number of nitrogens with zero attached hydrogens (tertiary/aromatic N) is 4. The standard InChI is InChI=1S/C11H11N7O2/c1-13-10(15-6-12)16-9-3-2-7(4-14-9)8-5-20-11(19)18-17-8/h2-4H,5H2,1H3,(H,18,19)(H2,13,14,15,16). The maximum atomic E-state index is 10.8. The van der Waals surface area contributed by atoms with Gasteiger partial charge in [-0.25, -0.2) is 15.2 Å². The van der Waals surface area contributed by atoms with Crippen molar-refractivity contribution < 1.29 is 9.53 Å². The van der Waals surface area contributed by atoms with E-state index in [0.29, 0.717) is 17.5 Å². The zero-order valence-electron chi connectivity index (χ0n) is 10.5. The largest absolute Gasteiger partial charge is 0.442 e. The van der Waals surface area contributed by atoms with E-state index < -0.39 is 6.09 Å². The molecule has 0 fully saturated rings. The molecule has 2 rings (SSSR count). The van der Waals surface area contributed by atoms with Crippen molar-refractivity contribution in [3.63, 3.8) is 0 Å². The van der Waals surface area contributed by atoms with E-state index in [-0.39, 0.29) is 6.61 Å². The van der Waals surface area contributed by atoms with Crippen LogP contribution in [0.2, 0.25) is 0 Å². The highest BCUT2D eigenvalue weighted by atomic mass is 16.6. The minimum Gasteiger partial charge on any atom is -0.442 e. The van der Waals surface area contributed by atoms with E-state index in [0.717, 1.165) is 5.56 Å². The number of amides is 1. The van der Waals surface area contributed by atoms with E-state index in [9.17, 15) is 4.79 Å². The van der Waals surface area contributed by atoms with Crippen LogP contribution in [-0.4, -0.2) is 36.4 Å². The topological polar surface area (TPSA) is 124 Å². The first-order valence-corrected chi connectivity index (χ1v) is 5.60. The molecule has 0 saturated carbocycles. The number of nitriles is 1. The van der Waals surface area contributed by atoms with Gasteiger partial charge in [-0.3, -0.25) is 0 Å². The maximum absolute atomic E-state index is 10.8. The van der Waals surface area contributed by atoms with Gasteiger partial charge in [0.15, 0.2) is 0 Å². The Labute approximate surface area is 114 Å². The van der Waals surface area contributed by atoms with Gasteiger partial charge >= 0.3 is 6.09 Å². The van der Waals surface area contributed by atoms with Crippen molar-refractivity contribution in [2.24, 2.45) is 10.1 Å². The number of rotatable bonds is 2. The lowest BCUT2D eigenvalue weighted by molar-refractivity contribution is 0.157. The number of hydrazone groups is 1. The van der Waals surface area contributed by atoms with E-state index >= 15 is 0 Å². The Hall–Kier alpha value is -3.15. The fraction of sp³-hybridized carbons (Fsp3) is 0.182.